The van der Waals surface area contributed by atoms with Gasteiger partial charge in [-0.2, -0.15) is 0 Å². The summed E-state index contributed by atoms with van der Waals surface area (Å²) in [5.74, 6) is 0.849. The van der Waals surface area contributed by atoms with Gasteiger partial charge in [-0.25, -0.2) is 9.78 Å². The zero-order valence-corrected chi connectivity index (χ0v) is 13.7. The number of carbonyl (C=O) groups is 1. The highest BCUT2D eigenvalue weighted by Crippen LogP contribution is 2.31. The molecule has 0 fully saturated rings. The summed E-state index contributed by atoms with van der Waals surface area (Å²) in [7, 11) is 0. The van der Waals surface area contributed by atoms with Gasteiger partial charge in [-0.05, 0) is 30.3 Å². The van der Waals surface area contributed by atoms with E-state index in [1.165, 1.54) is 11.3 Å². The zero-order valence-electron chi connectivity index (χ0n) is 12.9. The summed E-state index contributed by atoms with van der Waals surface area (Å²) in [5.41, 5.74) is 1.37. The van der Waals surface area contributed by atoms with Crippen molar-refractivity contribution in [3.63, 3.8) is 0 Å². The van der Waals surface area contributed by atoms with Crippen LogP contribution in [0.15, 0.2) is 42.5 Å². The SMILES string of the molecule is O=C(OCc1nc2ccccc2s1)c1ccc2c(c1)OCCCO2. The summed E-state index contributed by atoms with van der Waals surface area (Å²) in [6, 6.07) is 13.0. The minimum Gasteiger partial charge on any atom is -0.490 e. The molecule has 1 aliphatic rings. The van der Waals surface area contributed by atoms with Gasteiger partial charge < -0.3 is 14.2 Å². The molecule has 4 rings (SSSR count). The molecule has 0 unspecified atom stereocenters. The molecule has 0 spiro atoms. The Labute approximate surface area is 142 Å². The Balaban J connectivity index is 1.47. The van der Waals surface area contributed by atoms with Gasteiger partial charge in [0.1, 0.15) is 11.6 Å². The van der Waals surface area contributed by atoms with Crippen LogP contribution < -0.4 is 9.47 Å². The van der Waals surface area contributed by atoms with Crippen LogP contribution in [0.2, 0.25) is 0 Å². The Hall–Kier alpha value is -2.60. The van der Waals surface area contributed by atoms with Crippen molar-refractivity contribution in [3.8, 4) is 11.5 Å². The van der Waals surface area contributed by atoms with E-state index in [2.05, 4.69) is 4.98 Å². The summed E-state index contributed by atoms with van der Waals surface area (Å²) in [6.07, 6.45) is 0.825. The van der Waals surface area contributed by atoms with Crippen LogP contribution in [0, 0.1) is 0 Å². The number of fused-ring (bicyclic) bond motifs is 2. The number of benzene rings is 2. The lowest BCUT2D eigenvalue weighted by molar-refractivity contribution is 0.0472. The molecule has 0 saturated carbocycles. The van der Waals surface area contributed by atoms with Crippen LogP contribution in [-0.2, 0) is 11.3 Å². The predicted octanol–water partition coefficient (Wildman–Crippen LogP) is 3.81. The van der Waals surface area contributed by atoms with Crippen LogP contribution in [0.1, 0.15) is 21.8 Å². The van der Waals surface area contributed by atoms with E-state index >= 15 is 0 Å². The van der Waals surface area contributed by atoms with E-state index in [1.807, 2.05) is 24.3 Å². The second-order valence-electron chi connectivity index (χ2n) is 5.36. The summed E-state index contributed by atoms with van der Waals surface area (Å²) < 4.78 is 17.6. The summed E-state index contributed by atoms with van der Waals surface area (Å²) >= 11 is 1.53. The van der Waals surface area contributed by atoms with Gasteiger partial charge in [-0.15, -0.1) is 11.3 Å². The molecule has 3 aromatic rings. The maximum atomic E-state index is 12.3. The summed E-state index contributed by atoms with van der Waals surface area (Å²) in [6.45, 7) is 1.36. The van der Waals surface area contributed by atoms with Crippen LogP contribution in [0.25, 0.3) is 10.2 Å². The molecule has 1 aliphatic heterocycles. The molecule has 0 N–H and O–H groups in total. The Morgan fingerprint density at radius 1 is 1.12 bits per heavy atom. The number of para-hydroxylation sites is 1. The summed E-state index contributed by atoms with van der Waals surface area (Å²) in [4.78, 5) is 16.7. The molecule has 122 valence electrons. The fourth-order valence-corrected chi connectivity index (χ4v) is 3.36. The first-order valence-electron chi connectivity index (χ1n) is 7.71. The highest BCUT2D eigenvalue weighted by molar-refractivity contribution is 7.18. The van der Waals surface area contributed by atoms with Crippen LogP contribution in [0.3, 0.4) is 0 Å². The minimum atomic E-state index is -0.398. The largest absolute Gasteiger partial charge is 0.490 e. The third kappa shape index (κ3) is 3.05. The quantitative estimate of drug-likeness (QED) is 0.678. The molecule has 24 heavy (non-hydrogen) atoms. The van der Waals surface area contributed by atoms with Gasteiger partial charge >= 0.3 is 5.97 Å². The van der Waals surface area contributed by atoms with Crippen molar-refractivity contribution in [2.45, 2.75) is 13.0 Å². The number of ether oxygens (including phenoxy) is 3. The van der Waals surface area contributed by atoms with E-state index in [0.29, 0.717) is 30.3 Å². The fourth-order valence-electron chi connectivity index (χ4n) is 2.48. The smallest absolute Gasteiger partial charge is 0.338 e. The second kappa shape index (κ2) is 6.49. The van der Waals surface area contributed by atoms with Gasteiger partial charge in [0.25, 0.3) is 0 Å². The van der Waals surface area contributed by atoms with Crippen molar-refractivity contribution in [1.29, 1.82) is 0 Å². The van der Waals surface area contributed by atoms with Crippen molar-refractivity contribution >= 4 is 27.5 Å². The number of esters is 1. The topological polar surface area (TPSA) is 57.7 Å². The van der Waals surface area contributed by atoms with E-state index < -0.39 is 5.97 Å². The highest BCUT2D eigenvalue weighted by atomic mass is 32.1. The first-order chi connectivity index (χ1) is 11.8. The van der Waals surface area contributed by atoms with E-state index in [9.17, 15) is 4.79 Å². The molecule has 0 bridgehead atoms. The summed E-state index contributed by atoms with van der Waals surface area (Å²) in [5, 5.41) is 0.777. The minimum absolute atomic E-state index is 0.159. The van der Waals surface area contributed by atoms with Gasteiger partial charge in [0.15, 0.2) is 11.5 Å². The monoisotopic (exact) mass is 341 g/mol. The van der Waals surface area contributed by atoms with Crippen molar-refractivity contribution in [2.24, 2.45) is 0 Å². The number of aromatic nitrogens is 1. The van der Waals surface area contributed by atoms with Crippen LogP contribution in [0.5, 0.6) is 11.5 Å². The van der Waals surface area contributed by atoms with Crippen molar-refractivity contribution in [1.82, 2.24) is 4.98 Å². The molecule has 0 radical (unpaired) electrons. The van der Waals surface area contributed by atoms with E-state index in [1.54, 1.807) is 18.2 Å². The van der Waals surface area contributed by atoms with Crippen molar-refractivity contribution < 1.29 is 19.0 Å². The normalized spacial score (nSPS) is 13.5. The Bertz CT molecular complexity index is 857. The Morgan fingerprint density at radius 3 is 2.83 bits per heavy atom. The lowest BCUT2D eigenvalue weighted by atomic mass is 10.2. The van der Waals surface area contributed by atoms with Gasteiger partial charge in [-0.1, -0.05) is 12.1 Å². The number of carbonyl (C=O) groups excluding carboxylic acids is 1. The maximum absolute atomic E-state index is 12.3. The first-order valence-corrected chi connectivity index (χ1v) is 8.52. The molecule has 0 atom stereocenters. The third-order valence-electron chi connectivity index (χ3n) is 3.65. The van der Waals surface area contributed by atoms with Gasteiger partial charge in [0.2, 0.25) is 0 Å². The van der Waals surface area contributed by atoms with E-state index in [0.717, 1.165) is 21.6 Å². The number of hydrogen-bond acceptors (Lipinski definition) is 6. The predicted molar refractivity (Wildman–Crippen MR) is 90.8 cm³/mol. The van der Waals surface area contributed by atoms with Crippen LogP contribution in [-0.4, -0.2) is 24.2 Å². The van der Waals surface area contributed by atoms with Crippen molar-refractivity contribution in [2.75, 3.05) is 13.2 Å². The van der Waals surface area contributed by atoms with Gasteiger partial charge in [0, 0.05) is 6.42 Å². The van der Waals surface area contributed by atoms with Crippen LogP contribution in [0.4, 0.5) is 0 Å². The molecule has 2 heterocycles. The number of rotatable bonds is 3. The fraction of sp³-hybridized carbons (Fsp3) is 0.222. The lowest BCUT2D eigenvalue weighted by Gasteiger charge is -2.09. The molecule has 0 saturated heterocycles. The average molecular weight is 341 g/mol. The second-order valence-corrected chi connectivity index (χ2v) is 6.48. The Kier molecular flexibility index (Phi) is 4.04. The molecular weight excluding hydrogens is 326 g/mol. The van der Waals surface area contributed by atoms with E-state index in [4.69, 9.17) is 14.2 Å². The molecule has 0 amide bonds. The Morgan fingerprint density at radius 2 is 1.96 bits per heavy atom. The highest BCUT2D eigenvalue weighted by Gasteiger charge is 2.15. The molecular formula is C18H15NO4S. The van der Waals surface area contributed by atoms with Gasteiger partial charge in [0.05, 0.1) is 29.0 Å². The molecule has 0 aliphatic carbocycles. The average Bonchev–Trinajstić information content (AvgIpc) is 2.88. The molecule has 6 heteroatoms. The first kappa shape index (κ1) is 15.0. The number of hydrogen-bond donors (Lipinski definition) is 0. The number of thiazole rings is 1. The van der Waals surface area contributed by atoms with Crippen molar-refractivity contribution in [3.05, 3.63) is 53.0 Å². The maximum Gasteiger partial charge on any atom is 0.338 e. The zero-order chi connectivity index (χ0) is 16.4. The molecule has 1 aromatic heterocycles. The third-order valence-corrected chi connectivity index (χ3v) is 4.66. The van der Waals surface area contributed by atoms with Crippen LogP contribution >= 0.6 is 11.3 Å². The molecule has 5 nitrogen and oxygen atoms in total. The van der Waals surface area contributed by atoms with E-state index in [-0.39, 0.29) is 6.61 Å². The standard InChI is InChI=1S/C18H15NO4S/c20-18(12-6-7-14-15(10-12)22-9-3-8-21-14)23-11-17-19-13-4-1-2-5-16(13)24-17/h1-2,4-7,10H,3,8-9,11H2. The lowest BCUT2D eigenvalue weighted by Crippen LogP contribution is -2.05. The van der Waals surface area contributed by atoms with Gasteiger partial charge in [-0.3, -0.25) is 0 Å². The molecule has 2 aromatic carbocycles. The number of nitrogens with zero attached hydrogens (tertiary/aromatic N) is 1.